The summed E-state index contributed by atoms with van der Waals surface area (Å²) in [6.45, 7) is 0. The monoisotopic (exact) mass is 368 g/mol. The first-order valence-electron chi connectivity index (χ1n) is 6.26. The maximum Gasteiger partial charge on any atom is 0.416 e. The Morgan fingerprint density at radius 1 is 1.08 bits per heavy atom. The van der Waals surface area contributed by atoms with Gasteiger partial charge < -0.3 is 5.73 Å². The van der Waals surface area contributed by atoms with Crippen LogP contribution in [0, 0.1) is 23.5 Å². The molecule has 3 N–H and O–H groups in total. The van der Waals surface area contributed by atoms with Gasteiger partial charge in [0.05, 0.1) is 11.3 Å². The molecule has 0 fully saturated rings. The normalized spacial score (nSPS) is 11.3. The van der Waals surface area contributed by atoms with Crippen molar-refractivity contribution in [3.05, 3.63) is 53.4 Å². The third kappa shape index (κ3) is 3.72. The van der Waals surface area contributed by atoms with Crippen LogP contribution < -0.4 is 16.2 Å². The zero-order chi connectivity index (χ0) is 18.9. The van der Waals surface area contributed by atoms with Crippen LogP contribution >= 0.6 is 0 Å². The molecule has 0 radical (unpaired) electrons. The molecule has 1 heterocycles. The fraction of sp³-hybridized carbons (Fsp3) is 0.0769. The van der Waals surface area contributed by atoms with E-state index in [9.17, 15) is 35.5 Å². The summed E-state index contributed by atoms with van der Waals surface area (Å²) in [4.78, 5) is 13.7. The molecule has 0 aliphatic rings. The highest BCUT2D eigenvalue weighted by Gasteiger charge is 2.31. The molecule has 134 valence electrons. The van der Waals surface area contributed by atoms with Crippen molar-refractivity contribution in [2.24, 2.45) is 5.73 Å². The molecule has 0 saturated heterocycles. The average Bonchev–Trinajstić information content (AvgIpc) is 2.52. The molecule has 1 aromatic carbocycles. The fourth-order valence-corrected chi connectivity index (χ4v) is 1.77. The number of urea groups is 1. The number of aromatic nitrogens is 1. The van der Waals surface area contributed by atoms with Crippen molar-refractivity contribution in [3.8, 4) is 0 Å². The number of hydrogen-bond donors (Lipinski definition) is 2. The number of carbonyl (C=O) groups is 1. The number of benzene rings is 1. The topological polar surface area (TPSA) is 71.2 Å². The van der Waals surface area contributed by atoms with E-state index in [1.165, 1.54) is 0 Å². The summed E-state index contributed by atoms with van der Waals surface area (Å²) >= 11 is 0. The molecule has 0 unspecified atom stereocenters. The Hall–Kier alpha value is -3.05. The molecule has 12 heteroatoms. The van der Waals surface area contributed by atoms with Crippen LogP contribution in [0.3, 0.4) is 0 Å². The Labute approximate surface area is 134 Å². The highest BCUT2D eigenvalue weighted by Crippen LogP contribution is 2.32. The van der Waals surface area contributed by atoms with Crippen LogP contribution in [0.2, 0.25) is 0 Å². The summed E-state index contributed by atoms with van der Waals surface area (Å²) < 4.78 is 91.5. The van der Waals surface area contributed by atoms with Gasteiger partial charge in [0.1, 0.15) is 5.69 Å². The van der Waals surface area contributed by atoms with Gasteiger partial charge >= 0.3 is 12.2 Å². The Kier molecular flexibility index (Phi) is 4.72. The summed E-state index contributed by atoms with van der Waals surface area (Å²) in [6, 6.07) is 1.42. The van der Waals surface area contributed by atoms with Crippen molar-refractivity contribution in [2.75, 3.05) is 10.4 Å². The molecular weight excluding hydrogens is 361 g/mol. The zero-order valence-corrected chi connectivity index (χ0v) is 11.8. The number of rotatable bonds is 3. The lowest BCUT2D eigenvalue weighted by Gasteiger charge is -2.23. The third-order valence-electron chi connectivity index (χ3n) is 2.87. The number of amides is 2. The number of nitrogens with two attached hydrogens (primary N) is 1. The fourth-order valence-electron chi connectivity index (χ4n) is 1.77. The largest absolute Gasteiger partial charge is 0.416 e. The minimum atomic E-state index is -4.79. The quantitative estimate of drug-likeness (QED) is 0.494. The molecule has 2 amide bonds. The molecule has 0 aliphatic carbocycles. The molecule has 0 aliphatic heterocycles. The van der Waals surface area contributed by atoms with E-state index in [4.69, 9.17) is 5.73 Å². The lowest BCUT2D eigenvalue weighted by molar-refractivity contribution is -0.137. The van der Waals surface area contributed by atoms with Crippen LogP contribution in [0.5, 0.6) is 0 Å². The van der Waals surface area contributed by atoms with Gasteiger partial charge in [-0.2, -0.15) is 35.7 Å². The maximum absolute atomic E-state index is 13.6. The second kappa shape index (κ2) is 6.45. The SMILES string of the molecule is NC(=O)N(Nc1c(F)c(F)nc(F)c1F)c1cccc(C(F)(F)F)c1. The van der Waals surface area contributed by atoms with Crippen molar-refractivity contribution >= 4 is 17.4 Å². The second-order valence-electron chi connectivity index (χ2n) is 4.53. The Balaban J connectivity index is 2.50. The van der Waals surface area contributed by atoms with E-state index >= 15 is 0 Å². The maximum atomic E-state index is 13.6. The molecule has 0 bridgehead atoms. The molecule has 2 aromatic rings. The van der Waals surface area contributed by atoms with Crippen LogP contribution in [-0.2, 0) is 6.18 Å². The highest BCUT2D eigenvalue weighted by atomic mass is 19.4. The first-order chi connectivity index (χ1) is 11.5. The van der Waals surface area contributed by atoms with Gasteiger partial charge in [-0.25, -0.2) is 9.80 Å². The van der Waals surface area contributed by atoms with E-state index < -0.39 is 52.7 Å². The number of alkyl halides is 3. The van der Waals surface area contributed by atoms with Gasteiger partial charge in [-0.05, 0) is 18.2 Å². The number of halogens is 7. The van der Waals surface area contributed by atoms with Gasteiger partial charge in [0.25, 0.3) is 11.9 Å². The summed E-state index contributed by atoms with van der Waals surface area (Å²) in [5.74, 6) is -8.07. The van der Waals surface area contributed by atoms with Crippen molar-refractivity contribution < 1.29 is 35.5 Å². The van der Waals surface area contributed by atoms with E-state index in [2.05, 4.69) is 4.98 Å². The minimum Gasteiger partial charge on any atom is -0.350 e. The van der Waals surface area contributed by atoms with Crippen LogP contribution in [0.25, 0.3) is 0 Å². The van der Waals surface area contributed by atoms with Crippen LogP contribution in [0.4, 0.5) is 46.9 Å². The number of hydrogen-bond acceptors (Lipinski definition) is 3. The smallest absolute Gasteiger partial charge is 0.350 e. The Morgan fingerprint density at radius 2 is 1.64 bits per heavy atom. The molecule has 2 rings (SSSR count). The first kappa shape index (κ1) is 18.3. The minimum absolute atomic E-state index is 0.0790. The Bertz CT molecular complexity index is 799. The predicted octanol–water partition coefficient (Wildman–Crippen LogP) is 3.57. The molecule has 0 spiro atoms. The van der Waals surface area contributed by atoms with Gasteiger partial charge in [-0.15, -0.1) is 0 Å². The summed E-state index contributed by atoms with van der Waals surface area (Å²) in [7, 11) is 0. The molecule has 0 saturated carbocycles. The van der Waals surface area contributed by atoms with Crippen molar-refractivity contribution in [2.45, 2.75) is 6.18 Å². The van der Waals surface area contributed by atoms with Crippen LogP contribution in [0.1, 0.15) is 5.56 Å². The molecule has 0 atom stereocenters. The van der Waals surface area contributed by atoms with Gasteiger partial charge in [0.15, 0.2) is 0 Å². The molecule has 25 heavy (non-hydrogen) atoms. The van der Waals surface area contributed by atoms with Gasteiger partial charge in [-0.3, -0.25) is 5.43 Å². The van der Waals surface area contributed by atoms with Crippen LogP contribution in [-0.4, -0.2) is 11.0 Å². The number of nitrogens with one attached hydrogen (secondary N) is 1. The van der Waals surface area contributed by atoms with Gasteiger partial charge in [0, 0.05) is 0 Å². The lowest BCUT2D eigenvalue weighted by Crippen LogP contribution is -2.41. The zero-order valence-electron chi connectivity index (χ0n) is 11.8. The molecular formula is C13H7F7N4O. The summed E-state index contributed by atoms with van der Waals surface area (Å²) in [5.41, 5.74) is 3.27. The third-order valence-corrected chi connectivity index (χ3v) is 2.87. The number of anilines is 2. The lowest BCUT2D eigenvalue weighted by atomic mass is 10.2. The number of pyridine rings is 1. The van der Waals surface area contributed by atoms with E-state index in [1.807, 2.05) is 0 Å². The van der Waals surface area contributed by atoms with Gasteiger partial charge in [-0.1, -0.05) is 6.07 Å². The Morgan fingerprint density at radius 3 is 2.12 bits per heavy atom. The van der Waals surface area contributed by atoms with Crippen molar-refractivity contribution in [1.82, 2.24) is 4.98 Å². The van der Waals surface area contributed by atoms with Crippen molar-refractivity contribution in [1.29, 1.82) is 0 Å². The number of primary amides is 1. The molecule has 1 aromatic heterocycles. The van der Waals surface area contributed by atoms with Gasteiger partial charge in [0.2, 0.25) is 11.6 Å². The second-order valence-corrected chi connectivity index (χ2v) is 4.53. The summed E-state index contributed by atoms with van der Waals surface area (Å²) in [5, 5.41) is 0.0790. The first-order valence-corrected chi connectivity index (χ1v) is 6.26. The van der Waals surface area contributed by atoms with E-state index in [1.54, 1.807) is 5.43 Å². The number of hydrazine groups is 1. The molecule has 5 nitrogen and oxygen atoms in total. The standard InChI is InChI=1S/C13H7F7N4O/c14-7-9(8(15)11(17)22-10(7)16)23-24(12(21)25)6-3-1-2-5(4-6)13(18,19)20/h1-4H,(H2,21,25)(H,22,23). The predicted molar refractivity (Wildman–Crippen MR) is 71.2 cm³/mol. The number of nitrogens with zero attached hydrogens (tertiary/aromatic N) is 2. The van der Waals surface area contributed by atoms with E-state index in [0.717, 1.165) is 12.1 Å². The summed E-state index contributed by atoms with van der Waals surface area (Å²) in [6.07, 6.45) is -4.79. The number of carbonyl (C=O) groups excluding carboxylic acids is 1. The van der Waals surface area contributed by atoms with Crippen LogP contribution in [0.15, 0.2) is 24.3 Å². The average molecular weight is 368 g/mol. The highest BCUT2D eigenvalue weighted by molar-refractivity contribution is 5.92. The van der Waals surface area contributed by atoms with E-state index in [0.29, 0.717) is 12.1 Å². The van der Waals surface area contributed by atoms with Crippen molar-refractivity contribution in [3.63, 3.8) is 0 Å². The van der Waals surface area contributed by atoms with E-state index in [-0.39, 0.29) is 5.01 Å².